The molecular formula is C12H20N2O2S. The van der Waals surface area contributed by atoms with Crippen molar-refractivity contribution in [2.24, 2.45) is 0 Å². The molecule has 0 fully saturated rings. The van der Waals surface area contributed by atoms with Crippen LogP contribution in [-0.4, -0.2) is 23.2 Å². The highest BCUT2D eigenvalue weighted by molar-refractivity contribution is 7.09. The summed E-state index contributed by atoms with van der Waals surface area (Å²) in [6.45, 7) is 8.19. The third-order valence-corrected chi connectivity index (χ3v) is 2.93. The van der Waals surface area contributed by atoms with E-state index in [9.17, 15) is 4.79 Å². The summed E-state index contributed by atoms with van der Waals surface area (Å²) >= 11 is 1.64. The zero-order valence-electron chi connectivity index (χ0n) is 10.9. The summed E-state index contributed by atoms with van der Waals surface area (Å²) in [5.41, 5.74) is 0.669. The second-order valence-electron chi connectivity index (χ2n) is 4.76. The molecule has 0 spiro atoms. The van der Waals surface area contributed by atoms with Gasteiger partial charge in [0.1, 0.15) is 5.60 Å². The molecule has 1 heterocycles. The van der Waals surface area contributed by atoms with Gasteiger partial charge in [0.2, 0.25) is 0 Å². The van der Waals surface area contributed by atoms with Crippen LogP contribution in [0.4, 0.5) is 4.79 Å². The average molecular weight is 256 g/mol. The highest BCUT2D eigenvalue weighted by atomic mass is 32.1. The van der Waals surface area contributed by atoms with Crippen LogP contribution in [-0.2, 0) is 17.6 Å². The lowest BCUT2D eigenvalue weighted by Gasteiger charge is -2.19. The number of aromatic nitrogens is 1. The summed E-state index contributed by atoms with van der Waals surface area (Å²) in [6, 6.07) is 0. The SMILES string of the molecule is CCc1csc(CCNC(=O)OC(C)(C)C)n1. The van der Waals surface area contributed by atoms with E-state index >= 15 is 0 Å². The molecule has 0 aliphatic carbocycles. The van der Waals surface area contributed by atoms with E-state index in [1.165, 1.54) is 0 Å². The van der Waals surface area contributed by atoms with E-state index in [0.717, 1.165) is 23.5 Å². The molecule has 5 heteroatoms. The average Bonchev–Trinajstić information content (AvgIpc) is 2.63. The lowest BCUT2D eigenvalue weighted by atomic mass is 10.2. The number of carbonyl (C=O) groups is 1. The third kappa shape index (κ3) is 5.68. The molecule has 0 aliphatic heterocycles. The molecule has 0 aliphatic rings. The normalized spacial score (nSPS) is 11.3. The highest BCUT2D eigenvalue weighted by Gasteiger charge is 2.15. The van der Waals surface area contributed by atoms with E-state index in [4.69, 9.17) is 4.74 Å². The van der Waals surface area contributed by atoms with Crippen LogP contribution >= 0.6 is 11.3 Å². The van der Waals surface area contributed by atoms with Gasteiger partial charge in [-0.15, -0.1) is 11.3 Å². The van der Waals surface area contributed by atoms with E-state index < -0.39 is 5.60 Å². The van der Waals surface area contributed by atoms with E-state index in [0.29, 0.717) is 6.54 Å². The Morgan fingerprint density at radius 1 is 1.53 bits per heavy atom. The highest BCUT2D eigenvalue weighted by Crippen LogP contribution is 2.10. The number of ether oxygens (including phenoxy) is 1. The van der Waals surface area contributed by atoms with Crippen molar-refractivity contribution >= 4 is 17.4 Å². The van der Waals surface area contributed by atoms with Crippen LogP contribution in [0.5, 0.6) is 0 Å². The van der Waals surface area contributed by atoms with Crippen LogP contribution < -0.4 is 5.32 Å². The Morgan fingerprint density at radius 2 is 2.24 bits per heavy atom. The number of aryl methyl sites for hydroxylation is 1. The van der Waals surface area contributed by atoms with Crippen molar-refractivity contribution in [3.63, 3.8) is 0 Å². The second-order valence-corrected chi connectivity index (χ2v) is 5.71. The van der Waals surface area contributed by atoms with Gasteiger partial charge in [0, 0.05) is 18.3 Å². The minimum atomic E-state index is -0.444. The Balaban J connectivity index is 2.26. The van der Waals surface area contributed by atoms with Crippen molar-refractivity contribution in [3.05, 3.63) is 16.1 Å². The number of nitrogens with zero attached hydrogens (tertiary/aromatic N) is 1. The lowest BCUT2D eigenvalue weighted by molar-refractivity contribution is 0.0528. The first kappa shape index (κ1) is 14.0. The summed E-state index contributed by atoms with van der Waals surface area (Å²) in [4.78, 5) is 15.8. The van der Waals surface area contributed by atoms with Gasteiger partial charge in [0.15, 0.2) is 0 Å². The number of amides is 1. The summed E-state index contributed by atoms with van der Waals surface area (Å²) < 4.78 is 5.13. The van der Waals surface area contributed by atoms with Crippen LogP contribution in [0.25, 0.3) is 0 Å². The molecule has 1 aromatic rings. The Morgan fingerprint density at radius 3 is 2.76 bits per heavy atom. The Kier molecular flexibility index (Phi) is 4.93. The minimum Gasteiger partial charge on any atom is -0.444 e. The first-order chi connectivity index (χ1) is 7.90. The first-order valence-corrected chi connectivity index (χ1v) is 6.69. The van der Waals surface area contributed by atoms with Crippen LogP contribution in [0, 0.1) is 0 Å². The van der Waals surface area contributed by atoms with Gasteiger partial charge in [-0.05, 0) is 27.2 Å². The molecule has 4 nitrogen and oxygen atoms in total. The molecule has 0 radical (unpaired) electrons. The molecule has 0 saturated heterocycles. The van der Waals surface area contributed by atoms with Gasteiger partial charge < -0.3 is 10.1 Å². The summed E-state index contributed by atoms with van der Waals surface area (Å²) in [7, 11) is 0. The maximum atomic E-state index is 11.4. The molecule has 1 amide bonds. The lowest BCUT2D eigenvalue weighted by Crippen LogP contribution is -2.33. The standard InChI is InChI=1S/C12H20N2O2S/c1-5-9-8-17-10(14-9)6-7-13-11(15)16-12(2,3)4/h8H,5-7H2,1-4H3,(H,13,15). The molecule has 0 bridgehead atoms. The number of hydrogen-bond donors (Lipinski definition) is 1. The first-order valence-electron chi connectivity index (χ1n) is 5.81. The van der Waals surface area contributed by atoms with Gasteiger partial charge in [-0.2, -0.15) is 0 Å². The maximum Gasteiger partial charge on any atom is 0.407 e. The van der Waals surface area contributed by atoms with E-state index in [1.54, 1.807) is 11.3 Å². The van der Waals surface area contributed by atoms with Crippen LogP contribution in [0.2, 0.25) is 0 Å². The molecule has 0 aromatic carbocycles. The van der Waals surface area contributed by atoms with Crippen molar-refractivity contribution in [1.82, 2.24) is 10.3 Å². The van der Waals surface area contributed by atoms with Crippen LogP contribution in [0.1, 0.15) is 38.4 Å². The number of carbonyl (C=O) groups excluding carboxylic acids is 1. The van der Waals surface area contributed by atoms with Gasteiger partial charge in [0.05, 0.1) is 10.7 Å². The Labute approximate surface area is 106 Å². The van der Waals surface area contributed by atoms with E-state index in [-0.39, 0.29) is 6.09 Å². The second kappa shape index (κ2) is 6.00. The predicted octanol–water partition coefficient (Wildman–Crippen LogP) is 2.77. The molecular weight excluding hydrogens is 236 g/mol. The number of hydrogen-bond acceptors (Lipinski definition) is 4. The third-order valence-electron chi connectivity index (χ3n) is 1.97. The molecule has 1 rings (SSSR count). The van der Waals surface area contributed by atoms with Crippen molar-refractivity contribution < 1.29 is 9.53 Å². The van der Waals surface area contributed by atoms with Gasteiger partial charge in [-0.3, -0.25) is 0 Å². The van der Waals surface area contributed by atoms with Crippen LogP contribution in [0.3, 0.4) is 0 Å². The zero-order valence-corrected chi connectivity index (χ0v) is 11.7. The van der Waals surface area contributed by atoms with Gasteiger partial charge >= 0.3 is 6.09 Å². The number of alkyl carbamates (subject to hydrolysis) is 1. The molecule has 1 aromatic heterocycles. The van der Waals surface area contributed by atoms with Crippen molar-refractivity contribution in [2.45, 2.75) is 46.1 Å². The fourth-order valence-electron chi connectivity index (χ4n) is 1.21. The van der Waals surface area contributed by atoms with Gasteiger partial charge in [-0.1, -0.05) is 6.92 Å². The van der Waals surface area contributed by atoms with E-state index in [1.807, 2.05) is 20.8 Å². The summed E-state index contributed by atoms with van der Waals surface area (Å²) in [5.74, 6) is 0. The molecule has 17 heavy (non-hydrogen) atoms. The molecule has 0 unspecified atom stereocenters. The molecule has 0 saturated carbocycles. The van der Waals surface area contributed by atoms with Gasteiger partial charge in [-0.25, -0.2) is 9.78 Å². The molecule has 1 N–H and O–H groups in total. The minimum absolute atomic E-state index is 0.371. The molecule has 96 valence electrons. The smallest absolute Gasteiger partial charge is 0.407 e. The number of thiazole rings is 1. The topological polar surface area (TPSA) is 51.2 Å². The number of nitrogens with one attached hydrogen (secondary N) is 1. The van der Waals surface area contributed by atoms with E-state index in [2.05, 4.69) is 22.6 Å². The predicted molar refractivity (Wildman–Crippen MR) is 69.4 cm³/mol. The molecule has 0 atom stereocenters. The van der Waals surface area contributed by atoms with Crippen molar-refractivity contribution in [2.75, 3.05) is 6.54 Å². The monoisotopic (exact) mass is 256 g/mol. The summed E-state index contributed by atoms with van der Waals surface area (Å²) in [5, 5.41) is 5.83. The Hall–Kier alpha value is -1.10. The van der Waals surface area contributed by atoms with Crippen molar-refractivity contribution in [1.29, 1.82) is 0 Å². The fraction of sp³-hybridized carbons (Fsp3) is 0.667. The largest absolute Gasteiger partial charge is 0.444 e. The van der Waals surface area contributed by atoms with Gasteiger partial charge in [0.25, 0.3) is 0 Å². The number of rotatable bonds is 4. The maximum absolute atomic E-state index is 11.4. The fourth-order valence-corrected chi connectivity index (χ4v) is 2.09. The Bertz CT molecular complexity index is 369. The van der Waals surface area contributed by atoms with Crippen LogP contribution in [0.15, 0.2) is 5.38 Å². The quantitative estimate of drug-likeness (QED) is 0.901. The summed E-state index contributed by atoms with van der Waals surface area (Å²) in [6.07, 6.45) is 1.34. The zero-order chi connectivity index (χ0) is 12.9. The van der Waals surface area contributed by atoms with Crippen molar-refractivity contribution in [3.8, 4) is 0 Å².